The van der Waals surface area contributed by atoms with Gasteiger partial charge in [-0.3, -0.25) is 9.59 Å². The summed E-state index contributed by atoms with van der Waals surface area (Å²) in [6.45, 7) is 9.21. The second-order valence-corrected chi connectivity index (χ2v) is 9.32. The number of imide groups is 1. The van der Waals surface area contributed by atoms with Gasteiger partial charge in [-0.05, 0) is 36.7 Å². The molecule has 0 aromatic heterocycles. The molecule has 0 aliphatic carbocycles. The minimum atomic E-state index is -1.42. The summed E-state index contributed by atoms with van der Waals surface area (Å²) in [5, 5.41) is 12.4. The fourth-order valence-corrected chi connectivity index (χ4v) is 3.55. The molecule has 9 heteroatoms. The Bertz CT molecular complexity index is 812. The molecule has 0 heterocycles. The van der Waals surface area contributed by atoms with Gasteiger partial charge in [-0.25, -0.2) is 14.5 Å². The minimum Gasteiger partial charge on any atom is -0.480 e. The molecule has 3 amide bonds. The summed E-state index contributed by atoms with van der Waals surface area (Å²) in [4.78, 5) is 51.9. The lowest BCUT2D eigenvalue weighted by Gasteiger charge is -2.31. The third kappa shape index (κ3) is 9.51. The average molecular weight is 478 g/mol. The van der Waals surface area contributed by atoms with Crippen molar-refractivity contribution >= 4 is 23.9 Å². The molecule has 9 nitrogen and oxygen atoms in total. The second kappa shape index (κ2) is 14.3. The molecule has 0 spiro atoms. The van der Waals surface area contributed by atoms with Gasteiger partial charge in [0.05, 0.1) is 6.04 Å². The van der Waals surface area contributed by atoms with Crippen LogP contribution in [0.1, 0.15) is 65.9 Å². The van der Waals surface area contributed by atoms with Crippen LogP contribution in [0.2, 0.25) is 0 Å². The van der Waals surface area contributed by atoms with Crippen LogP contribution in [-0.4, -0.2) is 52.0 Å². The summed E-state index contributed by atoms with van der Waals surface area (Å²) in [5.74, 6) is -2.51. The number of benzene rings is 1. The first kappa shape index (κ1) is 29.1. The molecule has 4 N–H and O–H groups in total. The lowest BCUT2D eigenvalue weighted by atomic mass is 9.99. The SMILES string of the molecule is CCC[C@@H](C(=O)O)N(C(=O)OCc1ccccc1)C(=O)[C@H](CC(C)C)NC(=O)[C@@H](N)CC(C)C. The largest absolute Gasteiger partial charge is 0.480 e. The van der Waals surface area contributed by atoms with Gasteiger partial charge in [0.2, 0.25) is 5.91 Å². The number of aliphatic carboxylic acids is 1. The van der Waals surface area contributed by atoms with Gasteiger partial charge in [0, 0.05) is 0 Å². The number of rotatable bonds is 13. The van der Waals surface area contributed by atoms with Gasteiger partial charge in [-0.2, -0.15) is 0 Å². The molecule has 1 aromatic rings. The van der Waals surface area contributed by atoms with Gasteiger partial charge in [0.15, 0.2) is 0 Å². The third-order valence-electron chi connectivity index (χ3n) is 5.18. The number of nitrogens with one attached hydrogen (secondary N) is 1. The molecule has 3 atom stereocenters. The Labute approximate surface area is 202 Å². The number of hydrogen-bond donors (Lipinski definition) is 3. The Morgan fingerprint density at radius 2 is 1.62 bits per heavy atom. The summed E-state index contributed by atoms with van der Waals surface area (Å²) in [6, 6.07) is 5.50. The predicted octanol–water partition coefficient (Wildman–Crippen LogP) is 3.31. The highest BCUT2D eigenvalue weighted by atomic mass is 16.6. The topological polar surface area (TPSA) is 139 Å². The van der Waals surface area contributed by atoms with E-state index in [0.29, 0.717) is 23.3 Å². The zero-order valence-corrected chi connectivity index (χ0v) is 20.8. The van der Waals surface area contributed by atoms with Crippen molar-refractivity contribution < 1.29 is 29.0 Å². The van der Waals surface area contributed by atoms with Crippen LogP contribution in [0.3, 0.4) is 0 Å². The summed E-state index contributed by atoms with van der Waals surface area (Å²) in [6.07, 6.45) is 0.0402. The molecule has 0 saturated heterocycles. The number of ether oxygens (including phenoxy) is 1. The average Bonchev–Trinajstić information content (AvgIpc) is 2.76. The van der Waals surface area contributed by atoms with Gasteiger partial charge in [0.25, 0.3) is 5.91 Å². The van der Waals surface area contributed by atoms with Gasteiger partial charge in [-0.15, -0.1) is 0 Å². The minimum absolute atomic E-state index is 0.0211. The van der Waals surface area contributed by atoms with Crippen LogP contribution < -0.4 is 11.1 Å². The Kier molecular flexibility index (Phi) is 12.3. The highest BCUT2D eigenvalue weighted by molar-refractivity contribution is 6.00. The third-order valence-corrected chi connectivity index (χ3v) is 5.18. The Morgan fingerprint density at radius 1 is 1.03 bits per heavy atom. The fourth-order valence-electron chi connectivity index (χ4n) is 3.55. The Hall–Kier alpha value is -2.94. The fraction of sp³-hybridized carbons (Fsp3) is 0.600. The number of carboxylic acids is 1. The van der Waals surface area contributed by atoms with Crippen LogP contribution in [0.15, 0.2) is 30.3 Å². The monoisotopic (exact) mass is 477 g/mol. The van der Waals surface area contributed by atoms with Gasteiger partial charge >= 0.3 is 12.1 Å². The van der Waals surface area contributed by atoms with Crippen LogP contribution in [0.5, 0.6) is 0 Å². The van der Waals surface area contributed by atoms with Gasteiger partial charge in [-0.1, -0.05) is 71.4 Å². The van der Waals surface area contributed by atoms with Crippen molar-refractivity contribution in [3.63, 3.8) is 0 Å². The lowest BCUT2D eigenvalue weighted by Crippen LogP contribution is -2.58. The van der Waals surface area contributed by atoms with Crippen LogP contribution in [0, 0.1) is 11.8 Å². The molecule has 0 fully saturated rings. The maximum atomic E-state index is 13.5. The number of amides is 3. The summed E-state index contributed by atoms with van der Waals surface area (Å²) in [5.41, 5.74) is 6.67. The first-order valence-electron chi connectivity index (χ1n) is 11.8. The number of nitrogens with zero attached hydrogens (tertiary/aromatic N) is 1. The van der Waals surface area contributed by atoms with Crippen LogP contribution in [0.4, 0.5) is 4.79 Å². The molecule has 0 saturated carbocycles. The molecule has 1 rings (SSSR count). The maximum Gasteiger partial charge on any atom is 0.417 e. The molecule has 34 heavy (non-hydrogen) atoms. The van der Waals surface area contributed by atoms with E-state index in [1.165, 1.54) is 0 Å². The van der Waals surface area contributed by atoms with Crippen molar-refractivity contribution in [2.24, 2.45) is 17.6 Å². The molecule has 190 valence electrons. The normalized spacial score (nSPS) is 13.8. The molecule has 1 aromatic carbocycles. The van der Waals surface area contributed by atoms with Crippen molar-refractivity contribution in [3.8, 4) is 0 Å². The lowest BCUT2D eigenvalue weighted by molar-refractivity contribution is -0.150. The molecule has 0 unspecified atom stereocenters. The molecule has 0 aliphatic heterocycles. The van der Waals surface area contributed by atoms with Crippen LogP contribution in [-0.2, 0) is 25.7 Å². The van der Waals surface area contributed by atoms with E-state index in [4.69, 9.17) is 10.5 Å². The van der Waals surface area contributed by atoms with Gasteiger partial charge in [0.1, 0.15) is 18.7 Å². The van der Waals surface area contributed by atoms with Crippen molar-refractivity contribution in [2.75, 3.05) is 0 Å². The summed E-state index contributed by atoms with van der Waals surface area (Å²) < 4.78 is 5.31. The van der Waals surface area contributed by atoms with E-state index < -0.39 is 42.0 Å². The summed E-state index contributed by atoms with van der Waals surface area (Å²) in [7, 11) is 0. The zero-order valence-electron chi connectivity index (χ0n) is 20.8. The quantitative estimate of drug-likeness (QED) is 0.396. The van der Waals surface area contributed by atoms with E-state index in [9.17, 15) is 24.3 Å². The first-order chi connectivity index (χ1) is 16.0. The zero-order chi connectivity index (χ0) is 25.8. The highest BCUT2D eigenvalue weighted by Crippen LogP contribution is 2.17. The van der Waals surface area contributed by atoms with Gasteiger partial charge < -0.3 is 20.9 Å². The highest BCUT2D eigenvalue weighted by Gasteiger charge is 2.40. The molecule has 0 bridgehead atoms. The Balaban J connectivity index is 3.21. The number of carboxylic acid groups (broad SMARTS) is 1. The van der Waals surface area contributed by atoms with Crippen LogP contribution in [0.25, 0.3) is 0 Å². The molecule has 0 radical (unpaired) electrons. The number of nitrogens with two attached hydrogens (primary N) is 1. The van der Waals surface area contributed by atoms with E-state index in [0.717, 1.165) is 0 Å². The van der Waals surface area contributed by atoms with Crippen molar-refractivity contribution in [1.29, 1.82) is 0 Å². The standard InChI is InChI=1S/C25H39N3O6/c1-6-10-21(24(31)32)28(25(33)34-15-18-11-8-7-9-12-18)23(30)20(14-17(4)5)27-22(29)19(26)13-16(2)3/h7-9,11-12,16-17,19-21H,6,10,13-15,26H2,1-5H3,(H,27,29)(H,31,32)/t19-,20-,21-/m0/s1. The van der Waals surface area contributed by atoms with Crippen molar-refractivity contribution in [3.05, 3.63) is 35.9 Å². The van der Waals surface area contributed by atoms with E-state index in [1.807, 2.05) is 33.8 Å². The van der Waals surface area contributed by atoms with E-state index >= 15 is 0 Å². The van der Waals surface area contributed by atoms with E-state index in [-0.39, 0.29) is 31.3 Å². The molecule has 0 aliphatic rings. The maximum absolute atomic E-state index is 13.5. The summed E-state index contributed by atoms with van der Waals surface area (Å²) >= 11 is 0. The van der Waals surface area contributed by atoms with Crippen LogP contribution >= 0.6 is 0 Å². The molecular weight excluding hydrogens is 438 g/mol. The van der Waals surface area contributed by atoms with E-state index in [1.54, 1.807) is 31.2 Å². The number of carbonyl (C=O) groups excluding carboxylic acids is 3. The number of hydrogen-bond acceptors (Lipinski definition) is 6. The Morgan fingerprint density at radius 3 is 2.12 bits per heavy atom. The smallest absolute Gasteiger partial charge is 0.417 e. The van der Waals surface area contributed by atoms with Crippen molar-refractivity contribution in [1.82, 2.24) is 10.2 Å². The van der Waals surface area contributed by atoms with E-state index in [2.05, 4.69) is 5.32 Å². The second-order valence-electron chi connectivity index (χ2n) is 9.32. The molecular formula is C25H39N3O6. The van der Waals surface area contributed by atoms with Crippen molar-refractivity contribution in [2.45, 2.75) is 85.0 Å². The predicted molar refractivity (Wildman–Crippen MR) is 129 cm³/mol. The number of carbonyl (C=O) groups is 4. The first-order valence-corrected chi connectivity index (χ1v) is 11.8.